The SMILES string of the molecule is O=C(N[C@@H]1CCC[C@H](Nc2cc(C(F)(F)F)nc3ccc(Cl)cc23)C1)c1ccc(F)nc1. The van der Waals surface area contributed by atoms with Crippen molar-refractivity contribution in [3.63, 3.8) is 0 Å². The van der Waals surface area contributed by atoms with Crippen molar-refractivity contribution in [2.75, 3.05) is 5.32 Å². The van der Waals surface area contributed by atoms with Crippen LogP contribution in [-0.2, 0) is 6.18 Å². The molecule has 0 radical (unpaired) electrons. The van der Waals surface area contributed by atoms with Crippen LogP contribution >= 0.6 is 11.6 Å². The summed E-state index contributed by atoms with van der Waals surface area (Å²) in [6.45, 7) is 0. The van der Waals surface area contributed by atoms with Gasteiger partial charge in [0.05, 0.1) is 11.1 Å². The molecule has 0 saturated heterocycles. The number of amides is 1. The van der Waals surface area contributed by atoms with Gasteiger partial charge in [-0.05, 0) is 62.1 Å². The summed E-state index contributed by atoms with van der Waals surface area (Å²) in [5, 5.41) is 6.99. The highest BCUT2D eigenvalue weighted by Crippen LogP contribution is 2.35. The number of hydrogen-bond acceptors (Lipinski definition) is 4. The molecule has 2 aromatic heterocycles. The summed E-state index contributed by atoms with van der Waals surface area (Å²) in [4.78, 5) is 19.6. The van der Waals surface area contributed by atoms with Crippen molar-refractivity contribution in [1.29, 1.82) is 0 Å². The van der Waals surface area contributed by atoms with E-state index in [1.54, 1.807) is 6.07 Å². The predicted octanol–water partition coefficient (Wildman–Crippen LogP) is 5.59. The number of alkyl halides is 3. The average Bonchev–Trinajstić information content (AvgIpc) is 2.74. The molecule has 1 aliphatic carbocycles. The normalized spacial score (nSPS) is 19.0. The molecule has 2 N–H and O–H groups in total. The van der Waals surface area contributed by atoms with Gasteiger partial charge >= 0.3 is 6.18 Å². The number of nitrogens with zero attached hydrogens (tertiary/aromatic N) is 2. The van der Waals surface area contributed by atoms with Crippen molar-refractivity contribution in [1.82, 2.24) is 15.3 Å². The van der Waals surface area contributed by atoms with Crippen molar-refractivity contribution in [3.8, 4) is 0 Å². The smallest absolute Gasteiger partial charge is 0.382 e. The van der Waals surface area contributed by atoms with Crippen LogP contribution < -0.4 is 10.6 Å². The summed E-state index contributed by atoms with van der Waals surface area (Å²) in [7, 11) is 0. The quantitative estimate of drug-likeness (QED) is 0.388. The van der Waals surface area contributed by atoms with Crippen LogP contribution in [0.25, 0.3) is 10.9 Å². The molecule has 0 spiro atoms. The molecule has 1 fully saturated rings. The van der Waals surface area contributed by atoms with E-state index < -0.39 is 17.8 Å². The first-order chi connectivity index (χ1) is 15.2. The van der Waals surface area contributed by atoms with Gasteiger partial charge in [0, 0.05) is 34.4 Å². The number of benzene rings is 1. The second-order valence-corrected chi connectivity index (χ2v) is 8.20. The third kappa shape index (κ3) is 5.09. The summed E-state index contributed by atoms with van der Waals surface area (Å²) < 4.78 is 53.0. The van der Waals surface area contributed by atoms with Crippen LogP contribution in [0.3, 0.4) is 0 Å². The standard InChI is InChI=1S/C22H19ClF4N4O/c23-13-5-6-17-16(8-13)18(10-19(31-17)22(25,26)27)29-14-2-1-3-15(9-14)30-21(32)12-4-7-20(24)28-11-12/h4-8,10-11,14-15H,1-3,9H2,(H,29,31)(H,30,32)/t14-,15+/m0/s1. The van der Waals surface area contributed by atoms with Gasteiger partial charge in [-0.3, -0.25) is 4.79 Å². The van der Waals surface area contributed by atoms with Crippen LogP contribution in [0.1, 0.15) is 41.7 Å². The Labute approximate surface area is 186 Å². The number of hydrogen-bond donors (Lipinski definition) is 2. The lowest BCUT2D eigenvalue weighted by molar-refractivity contribution is -0.140. The Morgan fingerprint density at radius 2 is 1.88 bits per heavy atom. The monoisotopic (exact) mass is 466 g/mol. The molecule has 0 unspecified atom stereocenters. The number of halogens is 5. The van der Waals surface area contributed by atoms with E-state index in [0.717, 1.165) is 37.6 Å². The largest absolute Gasteiger partial charge is 0.433 e. The number of nitrogens with one attached hydrogen (secondary N) is 2. The fourth-order valence-corrected chi connectivity index (χ4v) is 4.09. The van der Waals surface area contributed by atoms with Crippen LogP contribution in [0.15, 0.2) is 42.6 Å². The topological polar surface area (TPSA) is 66.9 Å². The van der Waals surface area contributed by atoms with E-state index in [4.69, 9.17) is 11.6 Å². The van der Waals surface area contributed by atoms with Gasteiger partial charge in [0.2, 0.25) is 5.95 Å². The zero-order chi connectivity index (χ0) is 22.9. The molecule has 1 aliphatic rings. The Bertz CT molecular complexity index is 1140. The number of carbonyl (C=O) groups excluding carboxylic acids is 1. The van der Waals surface area contributed by atoms with Crippen LogP contribution in [0.2, 0.25) is 5.02 Å². The number of carbonyl (C=O) groups is 1. The summed E-state index contributed by atoms with van der Waals surface area (Å²) in [5.41, 5.74) is -0.258. The highest BCUT2D eigenvalue weighted by molar-refractivity contribution is 6.31. The second-order valence-electron chi connectivity index (χ2n) is 7.76. The van der Waals surface area contributed by atoms with Gasteiger partial charge in [0.1, 0.15) is 5.69 Å². The molecule has 2 heterocycles. The maximum atomic E-state index is 13.4. The molecule has 0 aliphatic heterocycles. The van der Waals surface area contributed by atoms with Crippen molar-refractivity contribution in [3.05, 3.63) is 64.8 Å². The average molecular weight is 467 g/mol. The van der Waals surface area contributed by atoms with Crippen LogP contribution in [0, 0.1) is 5.95 Å². The molecular weight excluding hydrogens is 448 g/mol. The second kappa shape index (κ2) is 8.90. The van der Waals surface area contributed by atoms with Crippen molar-refractivity contribution < 1.29 is 22.4 Å². The molecular formula is C22H19ClF4N4O. The zero-order valence-electron chi connectivity index (χ0n) is 16.7. The van der Waals surface area contributed by atoms with Gasteiger partial charge in [-0.15, -0.1) is 0 Å². The molecule has 1 saturated carbocycles. The van der Waals surface area contributed by atoms with Gasteiger partial charge in [-0.1, -0.05) is 11.6 Å². The minimum absolute atomic E-state index is 0.161. The van der Waals surface area contributed by atoms with E-state index in [-0.39, 0.29) is 29.1 Å². The van der Waals surface area contributed by atoms with Crippen LogP contribution in [-0.4, -0.2) is 28.0 Å². The molecule has 1 aromatic carbocycles. The van der Waals surface area contributed by atoms with E-state index >= 15 is 0 Å². The lowest BCUT2D eigenvalue weighted by Crippen LogP contribution is -2.41. The molecule has 10 heteroatoms. The minimum atomic E-state index is -4.59. The van der Waals surface area contributed by atoms with Gasteiger partial charge in [0.25, 0.3) is 5.91 Å². The Morgan fingerprint density at radius 3 is 2.59 bits per heavy atom. The lowest BCUT2D eigenvalue weighted by atomic mass is 9.90. The molecule has 2 atom stereocenters. The van der Waals surface area contributed by atoms with Gasteiger partial charge < -0.3 is 10.6 Å². The molecule has 5 nitrogen and oxygen atoms in total. The molecule has 1 amide bonds. The molecule has 32 heavy (non-hydrogen) atoms. The first-order valence-corrected chi connectivity index (χ1v) is 10.4. The maximum absolute atomic E-state index is 13.4. The first kappa shape index (κ1) is 22.3. The highest BCUT2D eigenvalue weighted by atomic mass is 35.5. The van der Waals surface area contributed by atoms with E-state index in [2.05, 4.69) is 20.6 Å². The minimum Gasteiger partial charge on any atom is -0.382 e. The van der Waals surface area contributed by atoms with Crippen molar-refractivity contribution in [2.45, 2.75) is 43.9 Å². The van der Waals surface area contributed by atoms with Crippen molar-refractivity contribution in [2.24, 2.45) is 0 Å². The fourth-order valence-electron chi connectivity index (χ4n) is 3.91. The van der Waals surface area contributed by atoms with E-state index in [1.165, 1.54) is 18.2 Å². The Kier molecular flexibility index (Phi) is 6.19. The fraction of sp³-hybridized carbons (Fsp3) is 0.318. The first-order valence-electron chi connectivity index (χ1n) is 10.1. The summed E-state index contributed by atoms with van der Waals surface area (Å²) >= 11 is 6.06. The molecule has 4 rings (SSSR count). The lowest BCUT2D eigenvalue weighted by Gasteiger charge is -2.31. The zero-order valence-corrected chi connectivity index (χ0v) is 17.5. The van der Waals surface area contributed by atoms with Crippen molar-refractivity contribution >= 4 is 34.1 Å². The van der Waals surface area contributed by atoms with Gasteiger partial charge in [-0.25, -0.2) is 9.97 Å². The van der Waals surface area contributed by atoms with E-state index in [0.29, 0.717) is 22.5 Å². The highest BCUT2D eigenvalue weighted by Gasteiger charge is 2.34. The van der Waals surface area contributed by atoms with E-state index in [1.807, 2.05) is 0 Å². The van der Waals surface area contributed by atoms with Crippen LogP contribution in [0.5, 0.6) is 0 Å². The third-order valence-corrected chi connectivity index (χ3v) is 5.65. The molecule has 3 aromatic rings. The summed E-state index contributed by atoms with van der Waals surface area (Å²) in [5.74, 6) is -1.05. The summed E-state index contributed by atoms with van der Waals surface area (Å²) in [6, 6.07) is 7.64. The number of anilines is 1. The number of aromatic nitrogens is 2. The predicted molar refractivity (Wildman–Crippen MR) is 113 cm³/mol. The maximum Gasteiger partial charge on any atom is 0.433 e. The van der Waals surface area contributed by atoms with Gasteiger partial charge in [-0.2, -0.15) is 17.6 Å². The Balaban J connectivity index is 1.52. The molecule has 0 bridgehead atoms. The number of rotatable bonds is 4. The number of pyridine rings is 2. The molecule has 168 valence electrons. The Hall–Kier alpha value is -2.94. The third-order valence-electron chi connectivity index (χ3n) is 5.42. The van der Waals surface area contributed by atoms with E-state index in [9.17, 15) is 22.4 Å². The van der Waals surface area contributed by atoms with Gasteiger partial charge in [0.15, 0.2) is 0 Å². The number of fused-ring (bicyclic) bond motifs is 1. The summed E-state index contributed by atoms with van der Waals surface area (Å²) in [6.07, 6.45) is -0.664. The van der Waals surface area contributed by atoms with Crippen LogP contribution in [0.4, 0.5) is 23.2 Å². The Morgan fingerprint density at radius 1 is 1.09 bits per heavy atom.